The largest absolute Gasteiger partial charge is 0.462 e. The molecule has 0 bridgehead atoms. The van der Waals surface area contributed by atoms with Crippen LogP contribution in [0.25, 0.3) is 0 Å². The summed E-state index contributed by atoms with van der Waals surface area (Å²) >= 11 is 0. The first-order valence-electron chi connectivity index (χ1n) is 25.7. The minimum atomic E-state index is -0.795. The average molecular weight is 830 g/mol. The second-order valence-electron chi connectivity index (χ2n) is 17.5. The maximum Gasteiger partial charge on any atom is 0.306 e. The van der Waals surface area contributed by atoms with Crippen LogP contribution in [0.5, 0.6) is 0 Å². The van der Waals surface area contributed by atoms with E-state index in [0.717, 1.165) is 77.0 Å². The maximum atomic E-state index is 13.2. The third kappa shape index (κ3) is 42.6. The zero-order valence-electron chi connectivity index (χ0n) is 39.4. The summed E-state index contributed by atoms with van der Waals surface area (Å²) in [4.78, 5) is 26.1. The van der Waals surface area contributed by atoms with Crippen LogP contribution in [0.3, 0.4) is 0 Å². The Morgan fingerprint density at radius 2 is 0.915 bits per heavy atom. The Hall–Kier alpha value is -1.92. The third-order valence-electron chi connectivity index (χ3n) is 11.7. The number of nitrogens with one attached hydrogen (secondary N) is 1. The third-order valence-corrected chi connectivity index (χ3v) is 11.7. The number of ether oxygens (including phenoxy) is 1. The van der Waals surface area contributed by atoms with Gasteiger partial charge in [0, 0.05) is 6.42 Å². The van der Waals surface area contributed by atoms with Crippen molar-refractivity contribution in [1.29, 1.82) is 0 Å². The summed E-state index contributed by atoms with van der Waals surface area (Å²) in [5.74, 6) is -0.503. The number of amides is 1. The Morgan fingerprint density at radius 1 is 0.508 bits per heavy atom. The molecule has 0 aliphatic rings. The van der Waals surface area contributed by atoms with Crippen LogP contribution in [-0.4, -0.2) is 46.9 Å². The standard InChI is InChI=1S/C53H99NO5/c1-4-7-10-13-16-19-22-25-26-27-28-30-33-36-39-42-45-51(56)50(48-55)54-52(57)47-49(44-41-38-35-32-29-23-20-17-14-11-8-5-2)59-53(58)46-43-40-37-34-31-24-21-18-15-12-9-6-3/h8,11,17,20,29,32,49-51,55-56H,4-7,9-10,12-16,18-19,21-28,30-31,33-48H2,1-3H3,(H,54,57)/b11-8+,20-17+,32-29+. The van der Waals surface area contributed by atoms with Gasteiger partial charge in [-0.3, -0.25) is 9.59 Å². The Balaban J connectivity index is 4.53. The van der Waals surface area contributed by atoms with Gasteiger partial charge in [-0.05, 0) is 57.8 Å². The van der Waals surface area contributed by atoms with Crippen LogP contribution in [-0.2, 0) is 14.3 Å². The number of unbranched alkanes of at least 4 members (excludes halogenated alkanes) is 28. The first-order valence-corrected chi connectivity index (χ1v) is 25.7. The van der Waals surface area contributed by atoms with E-state index in [1.165, 1.54) is 141 Å². The molecule has 3 unspecified atom stereocenters. The van der Waals surface area contributed by atoms with Crippen LogP contribution in [0.2, 0.25) is 0 Å². The van der Waals surface area contributed by atoms with Gasteiger partial charge in [0.1, 0.15) is 6.10 Å². The predicted molar refractivity (Wildman–Crippen MR) is 255 cm³/mol. The monoisotopic (exact) mass is 830 g/mol. The quantitative estimate of drug-likeness (QED) is 0.0323. The highest BCUT2D eigenvalue weighted by atomic mass is 16.5. The van der Waals surface area contributed by atoms with Crippen molar-refractivity contribution in [2.24, 2.45) is 0 Å². The number of rotatable bonds is 46. The molecule has 3 atom stereocenters. The predicted octanol–water partition coefficient (Wildman–Crippen LogP) is 15.3. The van der Waals surface area contributed by atoms with E-state index in [-0.39, 0.29) is 24.9 Å². The van der Waals surface area contributed by atoms with E-state index < -0.39 is 18.2 Å². The smallest absolute Gasteiger partial charge is 0.306 e. The van der Waals surface area contributed by atoms with Crippen molar-refractivity contribution in [1.82, 2.24) is 5.32 Å². The van der Waals surface area contributed by atoms with E-state index in [9.17, 15) is 19.8 Å². The highest BCUT2D eigenvalue weighted by Crippen LogP contribution is 2.18. The molecule has 0 radical (unpaired) electrons. The van der Waals surface area contributed by atoms with Crippen LogP contribution in [0.4, 0.5) is 0 Å². The molecule has 0 heterocycles. The fourth-order valence-corrected chi connectivity index (χ4v) is 7.86. The summed E-state index contributed by atoms with van der Waals surface area (Å²) < 4.78 is 5.90. The minimum absolute atomic E-state index is 0.0551. The fourth-order valence-electron chi connectivity index (χ4n) is 7.86. The second-order valence-corrected chi connectivity index (χ2v) is 17.5. The number of hydrogen-bond donors (Lipinski definition) is 3. The summed E-state index contributed by atoms with van der Waals surface area (Å²) in [6.07, 6.45) is 54.9. The van der Waals surface area contributed by atoms with E-state index >= 15 is 0 Å². The van der Waals surface area contributed by atoms with Gasteiger partial charge in [-0.2, -0.15) is 0 Å². The van der Waals surface area contributed by atoms with Crippen LogP contribution >= 0.6 is 0 Å². The van der Waals surface area contributed by atoms with E-state index in [1.54, 1.807) is 0 Å². The SMILES string of the molecule is CC/C=C/C/C=C/C/C=C/CCCCC(CC(=O)NC(CO)C(O)CCCCCCCCCCCCCCCCCC)OC(=O)CCCCCCCCCCCCCC. The molecule has 346 valence electrons. The van der Waals surface area contributed by atoms with Gasteiger partial charge in [0.05, 0.1) is 25.2 Å². The van der Waals surface area contributed by atoms with Crippen LogP contribution in [0.1, 0.15) is 265 Å². The van der Waals surface area contributed by atoms with Gasteiger partial charge in [0.2, 0.25) is 5.91 Å². The number of allylic oxidation sites excluding steroid dienone is 6. The van der Waals surface area contributed by atoms with Gasteiger partial charge in [-0.1, -0.05) is 231 Å². The highest BCUT2D eigenvalue weighted by molar-refractivity contribution is 5.77. The summed E-state index contributed by atoms with van der Waals surface area (Å²) in [6.45, 7) is 6.37. The van der Waals surface area contributed by atoms with Crippen LogP contribution in [0, 0.1) is 0 Å². The van der Waals surface area contributed by atoms with Crippen molar-refractivity contribution in [3.05, 3.63) is 36.5 Å². The van der Waals surface area contributed by atoms with Gasteiger partial charge < -0.3 is 20.3 Å². The Bertz CT molecular complexity index is 977. The Labute approximate surface area is 366 Å². The molecule has 0 aromatic rings. The van der Waals surface area contributed by atoms with Crippen molar-refractivity contribution >= 4 is 11.9 Å². The number of hydrogen-bond acceptors (Lipinski definition) is 5. The Kier molecular flexibility index (Phi) is 45.6. The fraction of sp³-hybridized carbons (Fsp3) is 0.849. The number of aliphatic hydroxyl groups excluding tert-OH is 2. The van der Waals surface area contributed by atoms with Crippen molar-refractivity contribution < 1.29 is 24.5 Å². The summed E-state index contributed by atoms with van der Waals surface area (Å²) in [7, 11) is 0. The lowest BCUT2D eigenvalue weighted by atomic mass is 10.0. The molecule has 59 heavy (non-hydrogen) atoms. The molecule has 0 spiro atoms. The molecule has 0 aliphatic carbocycles. The maximum absolute atomic E-state index is 13.2. The van der Waals surface area contributed by atoms with E-state index in [4.69, 9.17) is 4.74 Å². The number of carbonyl (C=O) groups excluding carboxylic acids is 2. The lowest BCUT2D eigenvalue weighted by molar-refractivity contribution is -0.151. The zero-order chi connectivity index (χ0) is 43.1. The summed E-state index contributed by atoms with van der Waals surface area (Å²) in [5.41, 5.74) is 0. The van der Waals surface area contributed by atoms with Gasteiger partial charge in [-0.15, -0.1) is 0 Å². The lowest BCUT2D eigenvalue weighted by Crippen LogP contribution is -2.46. The Morgan fingerprint density at radius 3 is 1.37 bits per heavy atom. The topological polar surface area (TPSA) is 95.9 Å². The van der Waals surface area contributed by atoms with E-state index in [0.29, 0.717) is 19.3 Å². The zero-order valence-corrected chi connectivity index (χ0v) is 39.4. The average Bonchev–Trinajstić information content (AvgIpc) is 3.23. The molecule has 6 nitrogen and oxygen atoms in total. The second kappa shape index (κ2) is 47.1. The first-order chi connectivity index (χ1) is 29.0. The van der Waals surface area contributed by atoms with Crippen molar-refractivity contribution in [3.8, 4) is 0 Å². The summed E-state index contributed by atoms with van der Waals surface area (Å²) in [6, 6.07) is -0.710. The molecule has 0 fully saturated rings. The summed E-state index contributed by atoms with van der Waals surface area (Å²) in [5, 5.41) is 23.8. The van der Waals surface area contributed by atoms with E-state index in [2.05, 4.69) is 62.5 Å². The van der Waals surface area contributed by atoms with Gasteiger partial charge in [0.25, 0.3) is 0 Å². The number of aliphatic hydroxyl groups is 2. The van der Waals surface area contributed by atoms with Crippen molar-refractivity contribution in [2.45, 2.75) is 283 Å². The minimum Gasteiger partial charge on any atom is -0.462 e. The molecule has 1 amide bonds. The molecule has 0 aliphatic heterocycles. The van der Waals surface area contributed by atoms with Crippen molar-refractivity contribution in [2.75, 3.05) is 6.61 Å². The number of carbonyl (C=O) groups is 2. The molecule has 0 saturated carbocycles. The first kappa shape index (κ1) is 57.1. The lowest BCUT2D eigenvalue weighted by Gasteiger charge is -2.24. The molecule has 0 rings (SSSR count). The molecule has 0 aromatic carbocycles. The normalized spacial score (nSPS) is 13.5. The van der Waals surface area contributed by atoms with Gasteiger partial charge in [-0.25, -0.2) is 0 Å². The van der Waals surface area contributed by atoms with Gasteiger partial charge in [0.15, 0.2) is 0 Å². The molecule has 0 aromatic heterocycles. The van der Waals surface area contributed by atoms with E-state index in [1.807, 2.05) is 0 Å². The highest BCUT2D eigenvalue weighted by Gasteiger charge is 2.24. The van der Waals surface area contributed by atoms with Crippen LogP contribution < -0.4 is 5.32 Å². The van der Waals surface area contributed by atoms with Crippen LogP contribution in [0.15, 0.2) is 36.5 Å². The molecule has 0 saturated heterocycles. The molecule has 3 N–H and O–H groups in total. The molecule has 6 heteroatoms. The molecular weight excluding hydrogens is 731 g/mol. The van der Waals surface area contributed by atoms with Crippen molar-refractivity contribution in [3.63, 3.8) is 0 Å². The number of esters is 1. The molecular formula is C53H99NO5. The van der Waals surface area contributed by atoms with Gasteiger partial charge >= 0.3 is 5.97 Å².